The summed E-state index contributed by atoms with van der Waals surface area (Å²) in [5.41, 5.74) is 15.4. The third-order valence-electron chi connectivity index (χ3n) is 6.02. The molecule has 0 radical (unpaired) electrons. The number of carbonyl (C=O) groups excluding carboxylic acids is 1. The molecule has 1 aromatic heterocycles. The molecule has 1 amide bonds. The van der Waals surface area contributed by atoms with Crippen molar-refractivity contribution in [1.82, 2.24) is 14.5 Å². The van der Waals surface area contributed by atoms with Gasteiger partial charge in [0.1, 0.15) is 11.9 Å². The number of guanidine groups is 1. The number of hydrogen-bond donors (Lipinski definition) is 3. The van der Waals surface area contributed by atoms with E-state index in [1.165, 1.54) is 0 Å². The minimum atomic E-state index is -0.433. The van der Waals surface area contributed by atoms with Crippen LogP contribution in [0.1, 0.15) is 18.9 Å². The van der Waals surface area contributed by atoms with Crippen LogP contribution in [-0.4, -0.2) is 67.1 Å². The van der Waals surface area contributed by atoms with E-state index in [2.05, 4.69) is 67.8 Å². The number of carbonyl (C=O) groups is 1. The minimum absolute atomic E-state index is 0.0576. The van der Waals surface area contributed by atoms with Crippen molar-refractivity contribution >= 4 is 50.2 Å². The second-order valence-corrected chi connectivity index (χ2v) is 9.76. The Hall–Kier alpha value is -3.11. The quantitative estimate of drug-likeness (QED) is 0.236. The highest BCUT2D eigenvalue weighted by molar-refractivity contribution is 9.10. The van der Waals surface area contributed by atoms with Gasteiger partial charge in [-0.1, -0.05) is 15.9 Å². The van der Waals surface area contributed by atoms with Gasteiger partial charge in [0, 0.05) is 42.4 Å². The van der Waals surface area contributed by atoms with Crippen LogP contribution in [0.5, 0.6) is 0 Å². The fourth-order valence-corrected chi connectivity index (χ4v) is 4.56. The topological polar surface area (TPSA) is 118 Å². The number of likely N-dealkylation sites (N-methyl/N-ethyl adjacent to an activating group) is 2. The van der Waals surface area contributed by atoms with Gasteiger partial charge in [0.2, 0.25) is 5.91 Å². The number of anilines is 2. The summed E-state index contributed by atoms with van der Waals surface area (Å²) in [7, 11) is 6.20. The lowest BCUT2D eigenvalue weighted by atomic mass is 10.1. The molecule has 9 nitrogen and oxygen atoms in total. The summed E-state index contributed by atoms with van der Waals surface area (Å²) >= 11 is 3.55. The molecule has 3 aromatic rings. The molecule has 0 saturated heterocycles. The number of hydrogen-bond acceptors (Lipinski definition) is 5. The van der Waals surface area contributed by atoms with Crippen LogP contribution >= 0.6 is 15.9 Å². The number of aromatic nitrogens is 2. The number of halogens is 1. The van der Waals surface area contributed by atoms with E-state index in [0.29, 0.717) is 19.4 Å². The lowest BCUT2D eigenvalue weighted by Gasteiger charge is -2.22. The average molecular weight is 527 g/mol. The number of amides is 1. The lowest BCUT2D eigenvalue weighted by molar-refractivity contribution is -0.119. The van der Waals surface area contributed by atoms with Crippen molar-refractivity contribution in [3.63, 3.8) is 0 Å². The number of rotatable bonds is 8. The van der Waals surface area contributed by atoms with Crippen LogP contribution in [0.2, 0.25) is 0 Å². The summed E-state index contributed by atoms with van der Waals surface area (Å²) in [4.78, 5) is 26.8. The summed E-state index contributed by atoms with van der Waals surface area (Å²) in [5, 5.41) is 3.13. The molecule has 1 aliphatic heterocycles. The first-order valence-electron chi connectivity index (χ1n) is 11.3. The Morgan fingerprint density at radius 1 is 1.18 bits per heavy atom. The van der Waals surface area contributed by atoms with Crippen LogP contribution in [0.25, 0.3) is 22.4 Å². The van der Waals surface area contributed by atoms with E-state index in [1.807, 2.05) is 30.3 Å². The van der Waals surface area contributed by atoms with Crippen LogP contribution in [0, 0.1) is 0 Å². The van der Waals surface area contributed by atoms with Gasteiger partial charge in [-0.2, -0.15) is 0 Å². The molecule has 10 heteroatoms. The summed E-state index contributed by atoms with van der Waals surface area (Å²) in [6.07, 6.45) is 1.25. The number of imidazole rings is 1. The number of nitrogens with zero attached hydrogens (tertiary/aromatic N) is 5. The maximum Gasteiger partial charge on any atom is 0.247 e. The van der Waals surface area contributed by atoms with Crippen molar-refractivity contribution in [2.24, 2.45) is 16.5 Å². The van der Waals surface area contributed by atoms with Crippen LogP contribution in [-0.2, 0) is 4.79 Å². The molecule has 34 heavy (non-hydrogen) atoms. The number of fused-ring (bicyclic) bond motifs is 5. The first-order chi connectivity index (χ1) is 16.2. The minimum Gasteiger partial charge on any atom is -0.373 e. The van der Waals surface area contributed by atoms with Gasteiger partial charge >= 0.3 is 0 Å². The molecule has 180 valence electrons. The third kappa shape index (κ3) is 5.02. The fraction of sp³-hybridized carbons (Fsp3) is 0.375. The van der Waals surface area contributed by atoms with Gasteiger partial charge in [0.25, 0.3) is 0 Å². The predicted octanol–water partition coefficient (Wildman–Crippen LogP) is 3.01. The summed E-state index contributed by atoms with van der Waals surface area (Å²) in [5.74, 6) is 0.763. The Balaban J connectivity index is 1.79. The molecule has 1 aliphatic rings. The molecular formula is C24H31BrN8O. The van der Waals surface area contributed by atoms with Crippen molar-refractivity contribution in [3.05, 3.63) is 40.9 Å². The Bertz CT molecular complexity index is 1230. The fourth-order valence-electron chi connectivity index (χ4n) is 4.21. The second kappa shape index (κ2) is 10.0. The van der Waals surface area contributed by atoms with Gasteiger partial charge < -0.3 is 31.2 Å². The highest BCUT2D eigenvalue weighted by atomic mass is 79.9. The van der Waals surface area contributed by atoms with Crippen molar-refractivity contribution < 1.29 is 4.79 Å². The largest absolute Gasteiger partial charge is 0.373 e. The molecule has 2 heterocycles. The highest BCUT2D eigenvalue weighted by Crippen LogP contribution is 2.40. The predicted molar refractivity (Wildman–Crippen MR) is 142 cm³/mol. The van der Waals surface area contributed by atoms with Crippen molar-refractivity contribution in [2.75, 3.05) is 51.0 Å². The molecule has 1 atom stereocenters. The van der Waals surface area contributed by atoms with Gasteiger partial charge in [0.05, 0.1) is 16.7 Å². The van der Waals surface area contributed by atoms with E-state index >= 15 is 0 Å². The summed E-state index contributed by atoms with van der Waals surface area (Å²) in [6, 6.07) is 11.6. The Morgan fingerprint density at radius 2 is 1.97 bits per heavy atom. The maximum atomic E-state index is 13.4. The monoisotopic (exact) mass is 526 g/mol. The van der Waals surface area contributed by atoms with E-state index < -0.39 is 6.04 Å². The number of aliphatic imine (C=N–C) groups is 1. The number of nitrogens with one attached hydrogen (secondary N) is 1. The third-order valence-corrected chi connectivity index (χ3v) is 6.51. The lowest BCUT2D eigenvalue weighted by Crippen LogP contribution is -2.28. The highest BCUT2D eigenvalue weighted by Gasteiger charge is 2.31. The van der Waals surface area contributed by atoms with Gasteiger partial charge in [0.15, 0.2) is 5.96 Å². The van der Waals surface area contributed by atoms with Gasteiger partial charge in [-0.3, -0.25) is 9.79 Å². The second-order valence-electron chi connectivity index (χ2n) is 8.85. The first-order valence-corrected chi connectivity index (χ1v) is 12.1. The molecule has 0 saturated carbocycles. The van der Waals surface area contributed by atoms with E-state index in [4.69, 9.17) is 16.5 Å². The molecular weight excluding hydrogens is 496 g/mol. The molecule has 0 spiro atoms. The first kappa shape index (κ1) is 24.0. The number of nitrogens with two attached hydrogens (primary N) is 2. The molecule has 0 fully saturated rings. The van der Waals surface area contributed by atoms with Crippen molar-refractivity contribution in [2.45, 2.75) is 18.9 Å². The molecule has 5 N–H and O–H groups in total. The molecule has 4 rings (SSSR count). The number of benzene rings is 2. The zero-order valence-corrected chi connectivity index (χ0v) is 21.3. The Labute approximate surface area is 207 Å². The van der Waals surface area contributed by atoms with E-state index in [9.17, 15) is 4.79 Å². The van der Waals surface area contributed by atoms with E-state index in [1.54, 1.807) is 0 Å². The normalized spacial score (nSPS) is 15.0. The molecule has 2 aromatic carbocycles. The summed E-state index contributed by atoms with van der Waals surface area (Å²) in [6.45, 7) is 2.29. The van der Waals surface area contributed by atoms with Crippen molar-refractivity contribution in [1.29, 1.82) is 0 Å². The molecule has 0 bridgehead atoms. The van der Waals surface area contributed by atoms with Crippen LogP contribution in [0.3, 0.4) is 0 Å². The van der Waals surface area contributed by atoms with Gasteiger partial charge in [-0.25, -0.2) is 4.98 Å². The van der Waals surface area contributed by atoms with Crippen LogP contribution in [0.15, 0.2) is 45.9 Å². The van der Waals surface area contributed by atoms with E-state index in [-0.39, 0.29) is 11.9 Å². The van der Waals surface area contributed by atoms with Crippen LogP contribution in [0.4, 0.5) is 11.4 Å². The summed E-state index contributed by atoms with van der Waals surface area (Å²) < 4.78 is 3.00. The maximum absolute atomic E-state index is 13.4. The zero-order valence-electron chi connectivity index (χ0n) is 19.8. The van der Waals surface area contributed by atoms with Gasteiger partial charge in [-0.05, 0) is 63.3 Å². The van der Waals surface area contributed by atoms with E-state index in [0.717, 1.165) is 51.4 Å². The SMILES string of the molecule is CN(C)CCN(C)c1ccc2c(c1)-c1nc3cc(Br)ccc3n1C(CCCN=C(N)N)C(=O)N2. The molecule has 0 aliphatic carbocycles. The average Bonchev–Trinajstić information content (AvgIpc) is 3.10. The molecule has 1 unspecified atom stereocenters. The Morgan fingerprint density at radius 3 is 2.71 bits per heavy atom. The van der Waals surface area contributed by atoms with Crippen molar-refractivity contribution in [3.8, 4) is 11.4 Å². The standard InChI is InChI=1S/C24H31BrN8O/c1-31(2)11-12-32(3)16-7-8-18-17(14-16)22-29-19-13-15(25)6-9-20(19)33(22)21(23(34)30-18)5-4-10-28-24(26)27/h6-9,13-14,21H,4-5,10-12H2,1-3H3,(H,30,34)(H4,26,27,28). The van der Waals surface area contributed by atoms with Gasteiger partial charge in [-0.15, -0.1) is 0 Å². The van der Waals surface area contributed by atoms with Crippen LogP contribution < -0.4 is 21.7 Å². The zero-order chi connectivity index (χ0) is 24.4. The smallest absolute Gasteiger partial charge is 0.247 e. The Kier molecular flexibility index (Phi) is 7.08.